The van der Waals surface area contributed by atoms with Crippen LogP contribution >= 0.6 is 28.3 Å². The fourth-order valence-electron chi connectivity index (χ4n) is 3.75. The van der Waals surface area contributed by atoms with Crippen LogP contribution in [0.1, 0.15) is 37.8 Å². The van der Waals surface area contributed by atoms with Crippen LogP contribution in [0.15, 0.2) is 28.7 Å². The van der Waals surface area contributed by atoms with Crippen LogP contribution in [0.25, 0.3) is 0 Å². The maximum absolute atomic E-state index is 3.65. The lowest BCUT2D eigenvalue weighted by Crippen LogP contribution is -2.45. The molecule has 20 heavy (non-hydrogen) atoms. The van der Waals surface area contributed by atoms with Crippen molar-refractivity contribution in [2.24, 2.45) is 5.92 Å². The number of rotatable bonds is 3. The second-order valence-corrected chi connectivity index (χ2v) is 6.78. The van der Waals surface area contributed by atoms with Gasteiger partial charge in [0, 0.05) is 29.6 Å². The molecule has 2 fully saturated rings. The second-order valence-electron chi connectivity index (χ2n) is 5.87. The maximum Gasteiger partial charge on any atom is 0.0345 e. The zero-order valence-corrected chi connectivity index (χ0v) is 14.4. The number of benzene rings is 1. The minimum atomic E-state index is 0. The zero-order valence-electron chi connectivity index (χ0n) is 12.0. The summed E-state index contributed by atoms with van der Waals surface area (Å²) in [5, 5.41) is 3.65. The number of hydrogen-bond donors (Lipinski definition) is 1. The van der Waals surface area contributed by atoms with E-state index < -0.39 is 0 Å². The molecule has 0 aliphatic carbocycles. The van der Waals surface area contributed by atoms with E-state index in [-0.39, 0.29) is 12.4 Å². The van der Waals surface area contributed by atoms with E-state index in [0.29, 0.717) is 6.04 Å². The van der Waals surface area contributed by atoms with Crippen LogP contribution in [0.2, 0.25) is 0 Å². The van der Waals surface area contributed by atoms with Gasteiger partial charge in [0.25, 0.3) is 0 Å². The van der Waals surface area contributed by atoms with Gasteiger partial charge < -0.3 is 5.32 Å². The number of nitrogens with zero attached hydrogens (tertiary/aromatic N) is 1. The summed E-state index contributed by atoms with van der Waals surface area (Å²) >= 11 is 3.53. The first-order chi connectivity index (χ1) is 9.28. The Morgan fingerprint density at radius 2 is 2.05 bits per heavy atom. The summed E-state index contributed by atoms with van der Waals surface area (Å²) in [5.74, 6) is 0.873. The summed E-state index contributed by atoms with van der Waals surface area (Å²) in [6.07, 6.45) is 3.88. The van der Waals surface area contributed by atoms with Crippen molar-refractivity contribution in [3.63, 3.8) is 0 Å². The molecule has 2 aliphatic rings. The van der Waals surface area contributed by atoms with Crippen LogP contribution < -0.4 is 5.32 Å². The largest absolute Gasteiger partial charge is 0.314 e. The first kappa shape index (κ1) is 16.3. The van der Waals surface area contributed by atoms with Gasteiger partial charge in [-0.25, -0.2) is 0 Å². The first-order valence-electron chi connectivity index (χ1n) is 7.51. The van der Waals surface area contributed by atoms with Gasteiger partial charge >= 0.3 is 0 Å². The van der Waals surface area contributed by atoms with Gasteiger partial charge in [0.1, 0.15) is 0 Å². The van der Waals surface area contributed by atoms with Gasteiger partial charge in [0.15, 0.2) is 0 Å². The maximum atomic E-state index is 3.65. The zero-order chi connectivity index (χ0) is 13.2. The lowest BCUT2D eigenvalue weighted by Gasteiger charge is -2.39. The highest BCUT2D eigenvalue weighted by atomic mass is 79.9. The molecule has 3 unspecified atom stereocenters. The Balaban J connectivity index is 0.00000147. The molecule has 3 atom stereocenters. The molecular weight excluding hydrogens is 336 g/mol. The smallest absolute Gasteiger partial charge is 0.0345 e. The Bertz CT molecular complexity index is 423. The van der Waals surface area contributed by atoms with Crippen LogP contribution in [0, 0.1) is 5.92 Å². The van der Waals surface area contributed by atoms with Gasteiger partial charge in [0.2, 0.25) is 0 Å². The summed E-state index contributed by atoms with van der Waals surface area (Å²) in [5.41, 5.74) is 1.47. The number of hydrogen-bond acceptors (Lipinski definition) is 2. The molecule has 1 aromatic carbocycles. The highest BCUT2D eigenvalue weighted by molar-refractivity contribution is 9.10. The van der Waals surface area contributed by atoms with Gasteiger partial charge in [-0.1, -0.05) is 35.0 Å². The van der Waals surface area contributed by atoms with Gasteiger partial charge in [-0.15, -0.1) is 12.4 Å². The highest BCUT2D eigenvalue weighted by Gasteiger charge is 2.34. The summed E-state index contributed by atoms with van der Waals surface area (Å²) in [4.78, 5) is 2.71. The predicted molar refractivity (Wildman–Crippen MR) is 90.5 cm³/mol. The standard InChI is InChI=1S/C16H23BrN2.ClH/c1-2-16(12-3-5-14(17)6-4-12)19-10-8-15-13(11-19)7-9-18-15;/h3-6,13,15-16,18H,2,7-11H2,1H3;1H. The minimum absolute atomic E-state index is 0. The number of halogens is 2. The van der Waals surface area contributed by atoms with E-state index in [1.165, 1.54) is 48.9 Å². The third kappa shape index (κ3) is 3.38. The highest BCUT2D eigenvalue weighted by Crippen LogP contribution is 2.32. The third-order valence-electron chi connectivity index (χ3n) is 4.77. The third-order valence-corrected chi connectivity index (χ3v) is 5.30. The lowest BCUT2D eigenvalue weighted by atomic mass is 9.90. The Kier molecular flexibility index (Phi) is 5.91. The average molecular weight is 360 g/mol. The van der Waals surface area contributed by atoms with Crippen molar-refractivity contribution in [3.05, 3.63) is 34.3 Å². The normalized spacial score (nSPS) is 27.7. The van der Waals surface area contributed by atoms with Crippen molar-refractivity contribution in [1.29, 1.82) is 0 Å². The molecule has 0 saturated carbocycles. The number of likely N-dealkylation sites (tertiary alicyclic amines) is 1. The molecule has 2 aliphatic heterocycles. The molecule has 4 heteroatoms. The van der Waals surface area contributed by atoms with E-state index in [2.05, 4.69) is 57.3 Å². The van der Waals surface area contributed by atoms with Crippen LogP contribution in [0.5, 0.6) is 0 Å². The van der Waals surface area contributed by atoms with Crippen LogP contribution in [0.3, 0.4) is 0 Å². The summed E-state index contributed by atoms with van der Waals surface area (Å²) in [6, 6.07) is 10.3. The molecule has 0 radical (unpaired) electrons. The summed E-state index contributed by atoms with van der Waals surface area (Å²) in [7, 11) is 0. The molecular formula is C16H24BrClN2. The van der Waals surface area contributed by atoms with E-state index in [4.69, 9.17) is 0 Å². The molecule has 1 N–H and O–H groups in total. The molecule has 1 aromatic rings. The number of fused-ring (bicyclic) bond motifs is 1. The number of nitrogens with one attached hydrogen (secondary N) is 1. The summed E-state index contributed by atoms with van der Waals surface area (Å²) in [6.45, 7) is 6.04. The molecule has 2 saturated heterocycles. The van der Waals surface area contributed by atoms with Crippen LogP contribution in [0.4, 0.5) is 0 Å². The quantitative estimate of drug-likeness (QED) is 0.877. The number of piperidine rings is 1. The monoisotopic (exact) mass is 358 g/mol. The molecule has 3 rings (SSSR count). The molecule has 0 bridgehead atoms. The molecule has 0 spiro atoms. The predicted octanol–water partition coefficient (Wildman–Crippen LogP) is 4.01. The van der Waals surface area contributed by atoms with Crippen molar-refractivity contribution in [2.45, 2.75) is 38.3 Å². The van der Waals surface area contributed by atoms with E-state index in [1.54, 1.807) is 0 Å². The van der Waals surface area contributed by atoms with Crippen molar-refractivity contribution in [1.82, 2.24) is 10.2 Å². The van der Waals surface area contributed by atoms with Crippen LogP contribution in [-0.2, 0) is 0 Å². The fourth-order valence-corrected chi connectivity index (χ4v) is 4.01. The van der Waals surface area contributed by atoms with Crippen molar-refractivity contribution < 1.29 is 0 Å². The molecule has 0 aromatic heterocycles. The van der Waals surface area contributed by atoms with Crippen molar-refractivity contribution >= 4 is 28.3 Å². The second kappa shape index (κ2) is 7.26. The fraction of sp³-hybridized carbons (Fsp3) is 0.625. The molecule has 0 amide bonds. The average Bonchev–Trinajstić information content (AvgIpc) is 2.89. The topological polar surface area (TPSA) is 15.3 Å². The first-order valence-corrected chi connectivity index (χ1v) is 8.30. The molecule has 2 nitrogen and oxygen atoms in total. The van der Waals surface area contributed by atoms with Crippen molar-refractivity contribution in [3.8, 4) is 0 Å². The van der Waals surface area contributed by atoms with Gasteiger partial charge in [-0.2, -0.15) is 0 Å². The van der Waals surface area contributed by atoms with E-state index in [0.717, 1.165) is 12.0 Å². The van der Waals surface area contributed by atoms with E-state index in [1.807, 2.05) is 0 Å². The Morgan fingerprint density at radius 1 is 1.30 bits per heavy atom. The Morgan fingerprint density at radius 3 is 2.75 bits per heavy atom. The van der Waals surface area contributed by atoms with Crippen LogP contribution in [-0.4, -0.2) is 30.6 Å². The Labute approximate surface area is 136 Å². The lowest BCUT2D eigenvalue weighted by molar-refractivity contribution is 0.111. The van der Waals surface area contributed by atoms with Gasteiger partial charge in [-0.05, 0) is 49.4 Å². The molecule has 112 valence electrons. The SMILES string of the molecule is CCC(c1ccc(Br)cc1)N1CCC2NCCC2C1.Cl. The van der Waals surface area contributed by atoms with Gasteiger partial charge in [-0.3, -0.25) is 4.90 Å². The summed E-state index contributed by atoms with van der Waals surface area (Å²) < 4.78 is 1.17. The van der Waals surface area contributed by atoms with E-state index in [9.17, 15) is 0 Å². The minimum Gasteiger partial charge on any atom is -0.314 e. The van der Waals surface area contributed by atoms with Gasteiger partial charge in [0.05, 0.1) is 0 Å². The Hall–Kier alpha value is -0.0900. The molecule has 2 heterocycles. The van der Waals surface area contributed by atoms with E-state index >= 15 is 0 Å². The van der Waals surface area contributed by atoms with Crippen molar-refractivity contribution in [2.75, 3.05) is 19.6 Å².